The van der Waals surface area contributed by atoms with Gasteiger partial charge in [0, 0.05) is 48.4 Å². The Kier molecular flexibility index (Phi) is 4.60. The molecule has 2 saturated heterocycles. The Morgan fingerprint density at radius 1 is 1.21 bits per heavy atom. The number of benzene rings is 1. The van der Waals surface area contributed by atoms with Gasteiger partial charge in [0.15, 0.2) is 0 Å². The molecule has 6 rings (SSSR count). The van der Waals surface area contributed by atoms with E-state index in [4.69, 9.17) is 4.74 Å². The first-order chi connectivity index (χ1) is 16.5. The highest BCUT2D eigenvalue weighted by molar-refractivity contribution is 5.90. The normalized spacial score (nSPS) is 27.4. The molecule has 3 atom stereocenters. The summed E-state index contributed by atoms with van der Waals surface area (Å²) in [5, 5.41) is 20.4. The van der Waals surface area contributed by atoms with Crippen LogP contribution in [0.5, 0.6) is 0 Å². The van der Waals surface area contributed by atoms with E-state index >= 15 is 4.39 Å². The van der Waals surface area contributed by atoms with E-state index in [0.717, 1.165) is 29.5 Å². The van der Waals surface area contributed by atoms with Crippen molar-refractivity contribution in [2.24, 2.45) is 11.8 Å². The lowest BCUT2D eigenvalue weighted by molar-refractivity contribution is 0.126. The molecule has 172 valence electrons. The number of fused-ring (bicyclic) bond motifs is 1. The molecule has 1 saturated carbocycles. The maximum absolute atomic E-state index is 15.4. The van der Waals surface area contributed by atoms with Crippen LogP contribution in [-0.4, -0.2) is 51.8 Å². The number of nitrogens with one attached hydrogen (secondary N) is 1. The van der Waals surface area contributed by atoms with Crippen molar-refractivity contribution in [3.8, 4) is 17.2 Å². The molecule has 3 fully saturated rings. The molecule has 4 heterocycles. The first-order valence-electron chi connectivity index (χ1n) is 10.9. The van der Waals surface area contributed by atoms with Crippen molar-refractivity contribution in [3.05, 3.63) is 60.2 Å². The highest BCUT2D eigenvalue weighted by Crippen LogP contribution is 2.62. The fraction of sp³-hybridized carbons (Fsp3) is 0.348. The van der Waals surface area contributed by atoms with Gasteiger partial charge in [0.1, 0.15) is 18.1 Å². The zero-order valence-corrected chi connectivity index (χ0v) is 17.9. The van der Waals surface area contributed by atoms with Gasteiger partial charge in [0.25, 0.3) is 0 Å². The summed E-state index contributed by atoms with van der Waals surface area (Å²) < 4.78 is 35.3. The Morgan fingerprint density at radius 3 is 2.74 bits per heavy atom. The Balaban J connectivity index is 1.28. The van der Waals surface area contributed by atoms with Gasteiger partial charge in [-0.3, -0.25) is 9.88 Å². The Hall–Kier alpha value is -3.91. The van der Waals surface area contributed by atoms with Crippen molar-refractivity contribution in [1.82, 2.24) is 25.3 Å². The largest absolute Gasteiger partial charge is 0.442 e. The van der Waals surface area contributed by atoms with E-state index in [1.165, 1.54) is 11.0 Å². The number of amides is 1. The van der Waals surface area contributed by atoms with Crippen LogP contribution >= 0.6 is 0 Å². The molecule has 3 aromatic rings. The van der Waals surface area contributed by atoms with Crippen LogP contribution in [0.3, 0.4) is 0 Å². The van der Waals surface area contributed by atoms with Gasteiger partial charge in [-0.15, -0.1) is 5.10 Å². The lowest BCUT2D eigenvalue weighted by Crippen LogP contribution is -2.26. The number of hydrogen-bond donors (Lipinski definition) is 1. The predicted molar refractivity (Wildman–Crippen MR) is 114 cm³/mol. The first kappa shape index (κ1) is 20.7. The fourth-order valence-corrected chi connectivity index (χ4v) is 5.41. The Morgan fingerprint density at radius 2 is 2.03 bits per heavy atom. The van der Waals surface area contributed by atoms with Gasteiger partial charge in [0.05, 0.1) is 30.3 Å². The minimum Gasteiger partial charge on any atom is -0.442 e. The number of hydrogen-bond acceptors (Lipinski definition) is 7. The minimum absolute atomic E-state index is 0.00111. The van der Waals surface area contributed by atoms with Gasteiger partial charge in [-0.1, -0.05) is 5.21 Å². The van der Waals surface area contributed by atoms with Gasteiger partial charge in [-0.25, -0.2) is 13.9 Å². The summed E-state index contributed by atoms with van der Waals surface area (Å²) in [6.45, 7) is 1.64. The van der Waals surface area contributed by atoms with Crippen molar-refractivity contribution in [2.75, 3.05) is 24.5 Å². The van der Waals surface area contributed by atoms with Gasteiger partial charge in [0.2, 0.25) is 5.95 Å². The number of pyridine rings is 1. The summed E-state index contributed by atoms with van der Waals surface area (Å²) in [5.41, 5.74) is 1.35. The predicted octanol–water partition coefficient (Wildman–Crippen LogP) is 2.25. The molecule has 2 aliphatic heterocycles. The molecule has 1 N–H and O–H groups in total. The summed E-state index contributed by atoms with van der Waals surface area (Å²) in [6, 6.07) is 8.77. The second-order valence-electron chi connectivity index (χ2n) is 8.79. The third-order valence-electron chi connectivity index (χ3n) is 7.10. The number of anilines is 1. The van der Waals surface area contributed by atoms with Crippen LogP contribution in [0.1, 0.15) is 5.56 Å². The molecular formula is C23H19F2N7O2. The highest BCUT2D eigenvalue weighted by atomic mass is 19.1. The molecule has 3 aliphatic rings. The van der Waals surface area contributed by atoms with E-state index < -0.39 is 29.4 Å². The van der Waals surface area contributed by atoms with E-state index in [9.17, 15) is 14.4 Å². The molecule has 34 heavy (non-hydrogen) atoms. The lowest BCUT2D eigenvalue weighted by Gasteiger charge is -2.19. The van der Waals surface area contributed by atoms with Crippen molar-refractivity contribution < 1.29 is 18.3 Å². The van der Waals surface area contributed by atoms with Gasteiger partial charge in [-0.2, -0.15) is 9.65 Å². The standard InChI is InChI=1S/C23H19F2N7O2/c24-20-5-13(31-10-14(34-22(31)33)11-32-21(25)9-29-30-32)1-2-15(20)16-6-27-4-3-17(16)23(12-26)18-7-28-8-19(18)23/h1-6,9,14,18-19,28H,7-8,10-11H2/t14-,18?,19?,23?/m1/s1. The zero-order valence-electron chi connectivity index (χ0n) is 17.9. The molecule has 1 aromatic carbocycles. The molecule has 1 amide bonds. The molecule has 11 heteroatoms. The molecule has 0 spiro atoms. The molecule has 0 radical (unpaired) electrons. The number of nitrogens with zero attached hydrogens (tertiary/aromatic N) is 6. The van der Waals surface area contributed by atoms with Gasteiger partial charge in [-0.05, 0) is 29.8 Å². The number of ether oxygens (including phenoxy) is 1. The quantitative estimate of drug-likeness (QED) is 0.618. The number of carbonyl (C=O) groups excluding carboxylic acids is 1. The summed E-state index contributed by atoms with van der Waals surface area (Å²) >= 11 is 0. The molecule has 0 bridgehead atoms. The number of nitriles is 1. The fourth-order valence-electron chi connectivity index (χ4n) is 5.41. The number of aromatic nitrogens is 4. The summed E-state index contributed by atoms with van der Waals surface area (Å²) in [4.78, 5) is 17.9. The monoisotopic (exact) mass is 463 g/mol. The van der Waals surface area contributed by atoms with Crippen LogP contribution in [-0.2, 0) is 16.7 Å². The van der Waals surface area contributed by atoms with E-state index in [2.05, 4.69) is 26.7 Å². The molecular weight excluding hydrogens is 444 g/mol. The zero-order chi connectivity index (χ0) is 23.4. The van der Waals surface area contributed by atoms with Crippen LogP contribution in [0.4, 0.5) is 19.3 Å². The number of carbonyl (C=O) groups is 1. The van der Waals surface area contributed by atoms with Crippen LogP contribution in [0.25, 0.3) is 11.1 Å². The lowest BCUT2D eigenvalue weighted by atomic mass is 9.86. The Bertz CT molecular complexity index is 1330. The summed E-state index contributed by atoms with van der Waals surface area (Å²) in [7, 11) is 0. The maximum atomic E-state index is 15.4. The SMILES string of the molecule is N#CC1(c2ccncc2-c2ccc(N3C[C@H](Cn4nncc4F)OC3=O)cc2F)C2CNCC21. The van der Waals surface area contributed by atoms with Crippen molar-refractivity contribution >= 4 is 11.8 Å². The van der Waals surface area contributed by atoms with Crippen molar-refractivity contribution in [1.29, 1.82) is 5.26 Å². The smallest absolute Gasteiger partial charge is 0.414 e. The van der Waals surface area contributed by atoms with Crippen LogP contribution in [0, 0.1) is 34.9 Å². The summed E-state index contributed by atoms with van der Waals surface area (Å²) in [5.74, 6) is -0.774. The van der Waals surface area contributed by atoms with Crippen LogP contribution in [0.2, 0.25) is 0 Å². The van der Waals surface area contributed by atoms with Crippen LogP contribution in [0.15, 0.2) is 42.9 Å². The average molecular weight is 463 g/mol. The second-order valence-corrected chi connectivity index (χ2v) is 8.79. The first-order valence-corrected chi connectivity index (χ1v) is 10.9. The topological polar surface area (TPSA) is 109 Å². The van der Waals surface area contributed by atoms with E-state index in [-0.39, 0.29) is 24.9 Å². The number of cyclic esters (lactones) is 1. The molecule has 2 unspecified atom stereocenters. The van der Waals surface area contributed by atoms with Crippen molar-refractivity contribution in [3.63, 3.8) is 0 Å². The third kappa shape index (κ3) is 2.99. The number of rotatable bonds is 5. The summed E-state index contributed by atoms with van der Waals surface area (Å²) in [6.07, 6.45) is 2.87. The minimum atomic E-state index is -0.658. The second kappa shape index (κ2) is 7.56. The van der Waals surface area contributed by atoms with Crippen LogP contribution < -0.4 is 10.2 Å². The van der Waals surface area contributed by atoms with E-state index in [1.54, 1.807) is 30.6 Å². The van der Waals surface area contributed by atoms with Gasteiger partial charge < -0.3 is 10.1 Å². The molecule has 2 aromatic heterocycles. The highest BCUT2D eigenvalue weighted by Gasteiger charge is 2.68. The molecule has 9 nitrogen and oxygen atoms in total. The van der Waals surface area contributed by atoms with E-state index in [0.29, 0.717) is 16.8 Å². The molecule has 1 aliphatic carbocycles. The van der Waals surface area contributed by atoms with E-state index in [1.807, 2.05) is 0 Å². The average Bonchev–Trinajstić information content (AvgIpc) is 3.29. The Labute approximate surface area is 193 Å². The number of piperidine rings is 1. The number of halogens is 2. The van der Waals surface area contributed by atoms with Gasteiger partial charge >= 0.3 is 6.09 Å². The van der Waals surface area contributed by atoms with Crippen molar-refractivity contribution in [2.45, 2.75) is 18.1 Å². The third-order valence-corrected chi connectivity index (χ3v) is 7.10. The maximum Gasteiger partial charge on any atom is 0.414 e.